The number of phenolic OH excluding ortho intramolecular Hbond substituents is 1. The molecule has 1 unspecified atom stereocenters. The summed E-state index contributed by atoms with van der Waals surface area (Å²) in [6.07, 6.45) is -0.140. The summed E-state index contributed by atoms with van der Waals surface area (Å²) in [5.74, 6) is -0.830. The van der Waals surface area contributed by atoms with Gasteiger partial charge in [-0.1, -0.05) is 15.9 Å². The first-order chi connectivity index (χ1) is 7.52. The van der Waals surface area contributed by atoms with Gasteiger partial charge in [0.2, 0.25) is 0 Å². The summed E-state index contributed by atoms with van der Waals surface area (Å²) in [5.41, 5.74) is 0.422. The topological polar surface area (TPSA) is 46.5 Å². The fourth-order valence-corrected chi connectivity index (χ4v) is 1.69. The minimum absolute atomic E-state index is 0.000461. The molecule has 0 saturated heterocycles. The van der Waals surface area contributed by atoms with Crippen LogP contribution in [-0.2, 0) is 16.0 Å². The Kier molecular flexibility index (Phi) is 4.73. The number of rotatable bonds is 4. The number of hydrogen-bond donors (Lipinski definition) is 1. The van der Waals surface area contributed by atoms with E-state index in [0.717, 1.165) is 0 Å². The molecule has 0 heterocycles. The molecule has 1 aromatic rings. The van der Waals surface area contributed by atoms with E-state index in [1.807, 2.05) is 0 Å². The lowest BCUT2D eigenvalue weighted by atomic mass is 10.1. The molecule has 16 heavy (non-hydrogen) atoms. The Morgan fingerprint density at radius 2 is 2.31 bits per heavy atom. The van der Waals surface area contributed by atoms with Crippen molar-refractivity contribution in [1.29, 1.82) is 0 Å². The van der Waals surface area contributed by atoms with Gasteiger partial charge in [-0.15, -0.1) is 0 Å². The summed E-state index contributed by atoms with van der Waals surface area (Å²) in [5, 5.41) is 9.92. The first kappa shape index (κ1) is 13.0. The average molecular weight is 291 g/mol. The second-order valence-corrected chi connectivity index (χ2v) is 4.01. The molecule has 1 rings (SSSR count). The highest BCUT2D eigenvalue weighted by molar-refractivity contribution is 9.09. The molecular weight excluding hydrogens is 279 g/mol. The normalized spacial score (nSPS) is 12.2. The largest absolute Gasteiger partial charge is 0.508 e. The summed E-state index contributed by atoms with van der Waals surface area (Å²) < 4.78 is 17.9. The number of hydrogen-bond acceptors (Lipinski definition) is 3. The van der Waals surface area contributed by atoms with Crippen LogP contribution in [0.25, 0.3) is 0 Å². The average Bonchev–Trinajstić information content (AvgIpc) is 2.21. The molecule has 0 fully saturated rings. The molecule has 88 valence electrons. The summed E-state index contributed by atoms with van der Waals surface area (Å²) in [7, 11) is 0. The molecular formula is C11H12BrFO3. The molecule has 1 atom stereocenters. The Morgan fingerprint density at radius 1 is 1.62 bits per heavy atom. The van der Waals surface area contributed by atoms with Crippen molar-refractivity contribution in [2.45, 2.75) is 19.4 Å². The third-order valence-corrected chi connectivity index (χ3v) is 2.72. The molecule has 1 N–H and O–H groups in total. The molecule has 0 aliphatic heterocycles. The third-order valence-electron chi connectivity index (χ3n) is 1.99. The van der Waals surface area contributed by atoms with Gasteiger partial charge in [0.1, 0.15) is 17.7 Å². The van der Waals surface area contributed by atoms with Crippen LogP contribution in [0, 0.1) is 5.82 Å². The van der Waals surface area contributed by atoms with Gasteiger partial charge in [-0.25, -0.2) is 4.39 Å². The van der Waals surface area contributed by atoms with Crippen LogP contribution in [-0.4, -0.2) is 22.5 Å². The van der Waals surface area contributed by atoms with Crippen molar-refractivity contribution in [1.82, 2.24) is 0 Å². The van der Waals surface area contributed by atoms with E-state index >= 15 is 0 Å². The predicted molar refractivity (Wildman–Crippen MR) is 61.1 cm³/mol. The minimum atomic E-state index is -0.427. The van der Waals surface area contributed by atoms with E-state index in [1.165, 1.54) is 25.1 Å². The van der Waals surface area contributed by atoms with Crippen molar-refractivity contribution in [3.8, 4) is 5.75 Å². The number of alkyl halides is 1. The van der Waals surface area contributed by atoms with Crippen LogP contribution < -0.4 is 0 Å². The van der Waals surface area contributed by atoms with Crippen molar-refractivity contribution in [2.75, 3.05) is 5.33 Å². The molecule has 0 radical (unpaired) electrons. The van der Waals surface area contributed by atoms with Crippen LogP contribution in [0.1, 0.15) is 12.5 Å². The molecule has 5 heteroatoms. The first-order valence-corrected chi connectivity index (χ1v) is 5.85. The van der Waals surface area contributed by atoms with Crippen molar-refractivity contribution >= 4 is 21.9 Å². The Morgan fingerprint density at radius 3 is 2.88 bits per heavy atom. The minimum Gasteiger partial charge on any atom is -0.508 e. The second kappa shape index (κ2) is 5.84. The Hall–Kier alpha value is -1.10. The summed E-state index contributed by atoms with van der Waals surface area (Å²) in [6.45, 7) is 1.31. The van der Waals surface area contributed by atoms with E-state index < -0.39 is 17.9 Å². The molecule has 0 saturated carbocycles. The molecule has 0 bridgehead atoms. The molecule has 3 nitrogen and oxygen atoms in total. The van der Waals surface area contributed by atoms with E-state index in [9.17, 15) is 14.3 Å². The van der Waals surface area contributed by atoms with Crippen LogP contribution in [0.4, 0.5) is 4.39 Å². The highest BCUT2D eigenvalue weighted by Gasteiger charge is 2.14. The Bertz CT molecular complexity index is 381. The van der Waals surface area contributed by atoms with E-state index in [2.05, 4.69) is 15.9 Å². The van der Waals surface area contributed by atoms with Crippen molar-refractivity contribution < 1.29 is 19.0 Å². The van der Waals surface area contributed by atoms with Gasteiger partial charge in [-0.2, -0.15) is 0 Å². The van der Waals surface area contributed by atoms with Gasteiger partial charge >= 0.3 is 5.97 Å². The van der Waals surface area contributed by atoms with Crippen molar-refractivity contribution in [2.24, 2.45) is 0 Å². The molecule has 1 aromatic carbocycles. The zero-order chi connectivity index (χ0) is 12.1. The standard InChI is InChI=1S/C11H12BrFO3/c1-7(14)16-10(6-12)5-8-4-9(13)2-3-11(8)15/h2-4,10,15H,5-6H2,1H3. The molecule has 0 aliphatic carbocycles. The van der Waals surface area contributed by atoms with Crippen LogP contribution in [0.2, 0.25) is 0 Å². The van der Waals surface area contributed by atoms with Gasteiger partial charge in [0.15, 0.2) is 0 Å². The number of carbonyl (C=O) groups is 1. The maximum atomic E-state index is 12.9. The SMILES string of the molecule is CC(=O)OC(CBr)Cc1cc(F)ccc1O. The van der Waals surface area contributed by atoms with Gasteiger partial charge in [0.05, 0.1) is 0 Å². The zero-order valence-electron chi connectivity index (χ0n) is 8.74. The van der Waals surface area contributed by atoms with Crippen molar-refractivity contribution in [3.63, 3.8) is 0 Å². The first-order valence-electron chi connectivity index (χ1n) is 4.73. The number of phenols is 1. The van der Waals surface area contributed by atoms with Gasteiger partial charge in [-0.3, -0.25) is 4.79 Å². The summed E-state index contributed by atoms with van der Waals surface area (Å²) in [4.78, 5) is 10.8. The lowest BCUT2D eigenvalue weighted by Gasteiger charge is -2.15. The fraction of sp³-hybridized carbons (Fsp3) is 0.364. The van der Waals surface area contributed by atoms with Crippen molar-refractivity contribution in [3.05, 3.63) is 29.6 Å². The van der Waals surface area contributed by atoms with Crippen LogP contribution in [0.15, 0.2) is 18.2 Å². The summed E-state index contributed by atoms with van der Waals surface area (Å²) in [6, 6.07) is 3.69. The summed E-state index contributed by atoms with van der Waals surface area (Å²) >= 11 is 3.19. The van der Waals surface area contributed by atoms with Crippen LogP contribution in [0.3, 0.4) is 0 Å². The lowest BCUT2D eigenvalue weighted by molar-refractivity contribution is -0.145. The highest BCUT2D eigenvalue weighted by atomic mass is 79.9. The number of benzene rings is 1. The fourth-order valence-electron chi connectivity index (χ4n) is 1.33. The van der Waals surface area contributed by atoms with Crippen LogP contribution >= 0.6 is 15.9 Å². The zero-order valence-corrected chi connectivity index (χ0v) is 10.3. The number of aromatic hydroxyl groups is 1. The number of ether oxygens (including phenoxy) is 1. The van der Waals surface area contributed by atoms with E-state index in [-0.39, 0.29) is 12.2 Å². The van der Waals surface area contributed by atoms with E-state index in [4.69, 9.17) is 4.74 Å². The smallest absolute Gasteiger partial charge is 0.302 e. The Labute approximate surface area is 101 Å². The maximum Gasteiger partial charge on any atom is 0.302 e. The predicted octanol–water partition coefficient (Wildman–Crippen LogP) is 2.40. The van der Waals surface area contributed by atoms with Gasteiger partial charge in [0, 0.05) is 24.2 Å². The molecule has 0 spiro atoms. The second-order valence-electron chi connectivity index (χ2n) is 3.36. The number of esters is 1. The third kappa shape index (κ3) is 3.81. The molecule has 0 aliphatic rings. The Balaban J connectivity index is 2.77. The quantitative estimate of drug-likeness (QED) is 0.684. The van der Waals surface area contributed by atoms with E-state index in [0.29, 0.717) is 10.9 Å². The molecule has 0 aromatic heterocycles. The molecule has 0 amide bonds. The lowest BCUT2D eigenvalue weighted by Crippen LogP contribution is -2.20. The monoisotopic (exact) mass is 290 g/mol. The van der Waals surface area contributed by atoms with Gasteiger partial charge < -0.3 is 9.84 Å². The van der Waals surface area contributed by atoms with E-state index in [1.54, 1.807) is 0 Å². The van der Waals surface area contributed by atoms with Gasteiger partial charge in [0.25, 0.3) is 0 Å². The highest BCUT2D eigenvalue weighted by Crippen LogP contribution is 2.20. The maximum absolute atomic E-state index is 12.9. The van der Waals surface area contributed by atoms with Crippen LogP contribution in [0.5, 0.6) is 5.75 Å². The number of halogens is 2. The number of carbonyl (C=O) groups excluding carboxylic acids is 1. The van der Waals surface area contributed by atoms with Gasteiger partial charge in [-0.05, 0) is 18.2 Å².